The van der Waals surface area contributed by atoms with Gasteiger partial charge in [-0.15, -0.1) is 0 Å². The van der Waals surface area contributed by atoms with Crippen LogP contribution in [0.1, 0.15) is 41.4 Å². The number of hydrogen-bond acceptors (Lipinski definition) is 1. The summed E-state index contributed by atoms with van der Waals surface area (Å²) in [5.74, 6) is 0. The second-order valence-electron chi connectivity index (χ2n) is 14.4. The van der Waals surface area contributed by atoms with Crippen molar-refractivity contribution < 1.29 is 16.4 Å². The molecule has 0 fully saturated rings. The van der Waals surface area contributed by atoms with Gasteiger partial charge >= 0.3 is 0 Å². The molecule has 9 aromatic rings. The molecule has 266 valence electrons. The van der Waals surface area contributed by atoms with Crippen molar-refractivity contribution in [1.82, 2.24) is 0 Å². The minimum Gasteiger partial charge on any atom is -0.311 e. The van der Waals surface area contributed by atoms with E-state index < -0.39 is 95.0 Å². The van der Waals surface area contributed by atoms with Gasteiger partial charge in [0, 0.05) is 22.5 Å². The van der Waals surface area contributed by atoms with Gasteiger partial charge in [-0.05, 0) is 126 Å². The fraction of sp³-hybridized carbons (Fsp3) is 0.0545. The normalized spacial score (nSPS) is 15.6. The zero-order valence-corrected chi connectivity index (χ0v) is 30.7. The average molecular weight is 728 g/mol. The van der Waals surface area contributed by atoms with Gasteiger partial charge in [-0.1, -0.05) is 177 Å². The van der Waals surface area contributed by atoms with Crippen molar-refractivity contribution in [3.05, 3.63) is 223 Å². The predicted octanol–water partition coefficient (Wildman–Crippen LogP) is 15.3. The predicted molar refractivity (Wildman–Crippen MR) is 238 cm³/mol. The molecule has 1 aliphatic rings. The van der Waals surface area contributed by atoms with E-state index in [9.17, 15) is 16.4 Å². The maximum Gasteiger partial charge on any atom is 0.0645 e. The maximum atomic E-state index is 9.72. The SMILES string of the molecule is [2H]c1c([2H])c(N(c2c([2H])c([2H])c(-c3cccc(-c4ccc5ccccc5c4)c3)c([2H])c2[2H])c2c([2H])c([2H])c(-c3cccc4c3C(C)(C)c3ccccc3-4)c([2H])c2[2H])c([2H])c([2H])c1-c1ccccc1. The largest absolute Gasteiger partial charge is 0.311 e. The molecule has 9 aromatic carbocycles. The first-order valence-electron chi connectivity index (χ1n) is 24.5. The summed E-state index contributed by atoms with van der Waals surface area (Å²) in [5, 5.41) is 2.07. The summed E-state index contributed by atoms with van der Waals surface area (Å²) in [6.07, 6.45) is 0. The van der Waals surface area contributed by atoms with Crippen molar-refractivity contribution in [3.63, 3.8) is 0 Å². The van der Waals surface area contributed by atoms with E-state index in [2.05, 4.69) is 0 Å². The Kier molecular flexibility index (Phi) is 5.65. The minimum atomic E-state index is -0.664. The van der Waals surface area contributed by atoms with Crippen LogP contribution in [0, 0.1) is 0 Å². The third-order valence-corrected chi connectivity index (χ3v) is 10.7. The Morgan fingerprint density at radius 3 is 1.54 bits per heavy atom. The molecule has 0 atom stereocenters. The van der Waals surface area contributed by atoms with Gasteiger partial charge in [-0.2, -0.15) is 0 Å². The summed E-state index contributed by atoms with van der Waals surface area (Å²) in [4.78, 5) is 0.866. The molecule has 0 amide bonds. The van der Waals surface area contributed by atoms with Crippen molar-refractivity contribution in [2.45, 2.75) is 19.3 Å². The Morgan fingerprint density at radius 1 is 0.357 bits per heavy atom. The number of anilines is 3. The molecule has 0 saturated carbocycles. The summed E-state index contributed by atoms with van der Waals surface area (Å²) in [6.45, 7) is 4.09. The summed E-state index contributed by atoms with van der Waals surface area (Å²) >= 11 is 0. The summed E-state index contributed by atoms with van der Waals surface area (Å²) in [6, 6.07) is 36.0. The van der Waals surface area contributed by atoms with Crippen molar-refractivity contribution in [3.8, 4) is 55.6 Å². The zero-order chi connectivity index (χ0) is 48.1. The third kappa shape index (κ3) is 5.90. The molecule has 0 N–H and O–H groups in total. The molecule has 1 aliphatic carbocycles. The Morgan fingerprint density at radius 2 is 0.839 bits per heavy atom. The molecule has 1 heteroatoms. The standard InChI is InChI=1S/C55H41N/c1-55(2)53-21-9-8-18-51(53)52-20-11-19-50(54(52)55)42-28-34-49(35-29-42)56(47-30-24-40(25-31-47)38-12-4-3-5-13-38)48-32-26-41(27-33-48)44-16-10-17-45(36-44)46-23-22-39-14-6-7-15-43(39)37-46/h3-37H,1-2H3/i24D,25D,26D,27D,28D,29D,30D,31D,32D,33D,34D,35D. The van der Waals surface area contributed by atoms with Crippen molar-refractivity contribution in [1.29, 1.82) is 0 Å². The lowest BCUT2D eigenvalue weighted by molar-refractivity contribution is 0.662. The summed E-state index contributed by atoms with van der Waals surface area (Å²) in [5.41, 5.74) is 4.15. The molecule has 0 saturated heterocycles. The van der Waals surface area contributed by atoms with Gasteiger partial charge in [-0.25, -0.2) is 0 Å². The monoisotopic (exact) mass is 727 g/mol. The van der Waals surface area contributed by atoms with Crippen molar-refractivity contribution >= 4 is 27.8 Å². The lowest BCUT2D eigenvalue weighted by Gasteiger charge is -2.27. The molecule has 0 unspecified atom stereocenters. The van der Waals surface area contributed by atoms with Crippen LogP contribution in [0.25, 0.3) is 66.4 Å². The second kappa shape index (κ2) is 13.7. The van der Waals surface area contributed by atoms with E-state index >= 15 is 0 Å². The highest BCUT2D eigenvalue weighted by atomic mass is 15.1. The van der Waals surface area contributed by atoms with E-state index in [1.165, 1.54) is 0 Å². The molecule has 0 spiro atoms. The Balaban J connectivity index is 1.23. The molecule has 10 rings (SSSR count). The fourth-order valence-electron chi connectivity index (χ4n) is 7.90. The first-order chi connectivity index (χ1) is 32.5. The molecule has 0 radical (unpaired) electrons. The number of fused-ring (bicyclic) bond motifs is 4. The maximum absolute atomic E-state index is 9.72. The molecular formula is C55H41N. The first-order valence-corrected chi connectivity index (χ1v) is 18.5. The highest BCUT2D eigenvalue weighted by molar-refractivity contribution is 5.90. The van der Waals surface area contributed by atoms with Crippen LogP contribution < -0.4 is 4.90 Å². The van der Waals surface area contributed by atoms with Gasteiger partial charge in [0.25, 0.3) is 0 Å². The average Bonchev–Trinajstić information content (AvgIpc) is 3.58. The number of hydrogen-bond donors (Lipinski definition) is 0. The van der Waals surface area contributed by atoms with Crippen LogP contribution in [-0.4, -0.2) is 0 Å². The topological polar surface area (TPSA) is 3.24 Å². The third-order valence-electron chi connectivity index (χ3n) is 10.7. The summed E-state index contributed by atoms with van der Waals surface area (Å²) in [7, 11) is 0. The highest BCUT2D eigenvalue weighted by Gasteiger charge is 2.37. The smallest absolute Gasteiger partial charge is 0.0645 e. The number of benzene rings is 9. The lowest BCUT2D eigenvalue weighted by atomic mass is 9.79. The van der Waals surface area contributed by atoms with Gasteiger partial charge in [-0.3, -0.25) is 0 Å². The van der Waals surface area contributed by atoms with E-state index in [-0.39, 0.29) is 16.7 Å². The van der Waals surface area contributed by atoms with Gasteiger partial charge in [0.2, 0.25) is 0 Å². The van der Waals surface area contributed by atoms with E-state index in [1.54, 1.807) is 60.7 Å². The van der Waals surface area contributed by atoms with Crippen LogP contribution in [0.15, 0.2) is 212 Å². The Hall–Kier alpha value is -6.96. The number of nitrogens with zero attached hydrogens (tertiary/aromatic N) is 1. The van der Waals surface area contributed by atoms with Gasteiger partial charge in [0.05, 0.1) is 16.4 Å². The first kappa shape index (κ1) is 23.1. The van der Waals surface area contributed by atoms with Gasteiger partial charge in [0.15, 0.2) is 0 Å². The van der Waals surface area contributed by atoms with Gasteiger partial charge in [0.1, 0.15) is 0 Å². The van der Waals surface area contributed by atoms with Crippen LogP contribution in [0.3, 0.4) is 0 Å². The molecule has 0 bridgehead atoms. The highest BCUT2D eigenvalue weighted by Crippen LogP contribution is 2.52. The van der Waals surface area contributed by atoms with Crippen molar-refractivity contribution in [2.24, 2.45) is 0 Å². The van der Waals surface area contributed by atoms with E-state index in [0.717, 1.165) is 49.1 Å². The van der Waals surface area contributed by atoms with Gasteiger partial charge < -0.3 is 4.90 Å². The second-order valence-corrected chi connectivity index (χ2v) is 14.4. The van der Waals surface area contributed by atoms with Crippen LogP contribution in [0.5, 0.6) is 0 Å². The van der Waals surface area contributed by atoms with Crippen LogP contribution >= 0.6 is 0 Å². The fourth-order valence-corrected chi connectivity index (χ4v) is 7.90. The van der Waals surface area contributed by atoms with E-state index in [4.69, 9.17) is 0 Å². The lowest BCUT2D eigenvalue weighted by Crippen LogP contribution is -2.16. The molecule has 0 heterocycles. The quantitative estimate of drug-likeness (QED) is 0.158. The zero-order valence-electron chi connectivity index (χ0n) is 42.7. The van der Waals surface area contributed by atoms with Crippen LogP contribution in [-0.2, 0) is 5.41 Å². The number of rotatable bonds is 7. The van der Waals surface area contributed by atoms with Crippen molar-refractivity contribution in [2.75, 3.05) is 4.90 Å². The molecule has 1 nitrogen and oxygen atoms in total. The molecular weight excluding hydrogens is 675 g/mol. The molecule has 0 aliphatic heterocycles. The Bertz CT molecular complexity index is 3500. The minimum absolute atomic E-state index is 0.0124. The van der Waals surface area contributed by atoms with E-state index in [1.807, 2.05) is 92.7 Å². The van der Waals surface area contributed by atoms with Crippen LogP contribution in [0.2, 0.25) is 0 Å². The summed E-state index contributed by atoms with van der Waals surface area (Å²) < 4.78 is 114. The van der Waals surface area contributed by atoms with E-state index in [0.29, 0.717) is 16.7 Å². The molecule has 0 aromatic heterocycles. The molecule has 56 heavy (non-hydrogen) atoms. The Labute approximate surface area is 346 Å². The van der Waals surface area contributed by atoms with Crippen LogP contribution in [0.4, 0.5) is 17.1 Å².